The van der Waals surface area contributed by atoms with Crippen molar-refractivity contribution in [2.24, 2.45) is 0 Å². The Morgan fingerprint density at radius 1 is 0.556 bits per heavy atom. The molecular weight excluding hydrogens is 1030 g/mol. The van der Waals surface area contributed by atoms with Crippen molar-refractivity contribution in [1.82, 2.24) is 0 Å². The molecule has 53 valence electrons. The van der Waals surface area contributed by atoms with Gasteiger partial charge in [-0.25, -0.2) is 0 Å². The van der Waals surface area contributed by atoms with Crippen molar-refractivity contribution < 1.29 is 94.2 Å². The topological polar surface area (TPSA) is 0 Å². The van der Waals surface area contributed by atoms with Crippen LogP contribution in [0, 0.1) is 0 Å². The van der Waals surface area contributed by atoms with E-state index in [2.05, 4.69) is 118 Å². The number of hydrogen-bond donors (Lipinski definition) is 0. The normalized spacial score (nSPS) is 18.0. The van der Waals surface area contributed by atoms with E-state index in [4.69, 9.17) is 0 Å². The largest absolute Gasteiger partial charge is 1.00 e. The van der Waals surface area contributed by atoms with Crippen LogP contribution >= 0.6 is 118 Å². The molecule has 0 atom stereocenters. The smallest absolute Gasteiger partial charge is 1.00 e. The van der Waals surface area contributed by atoms with Gasteiger partial charge in [0.05, 0.1) is 0 Å². The first kappa shape index (κ1) is 22.5. The average Bonchev–Trinajstić information content (AvgIpc) is 0.592. The van der Waals surface area contributed by atoms with Crippen LogP contribution in [0.15, 0.2) is 0 Å². The van der Waals surface area contributed by atoms with E-state index in [-0.39, 0.29) is 103 Å². The first-order valence-electron chi connectivity index (χ1n) is 0.756. The summed E-state index contributed by atoms with van der Waals surface area (Å²) in [6.45, 7) is 0. The minimum atomic E-state index is -2.35. The Morgan fingerprint density at radius 2 is 0.556 bits per heavy atom. The first-order valence-corrected chi connectivity index (χ1v) is 41.5. The zero-order valence-corrected chi connectivity index (χ0v) is 26.2. The van der Waals surface area contributed by atoms with Crippen LogP contribution < -0.4 is 103 Å². The minimum absolute atomic E-state index is 0. The maximum absolute atomic E-state index is 2.57. The van der Waals surface area contributed by atoms with Crippen molar-refractivity contribution in [2.45, 2.75) is 0 Å². The quantitative estimate of drug-likeness (QED) is 0.224. The van der Waals surface area contributed by atoms with Crippen LogP contribution in [-0.4, -0.2) is 0 Å². The van der Waals surface area contributed by atoms with Gasteiger partial charge in [-0.2, -0.15) is 0 Å². The molecule has 0 saturated heterocycles. The standard InChI is InChI=1S/6HI.Ir.2K/h6*1H;;;/q;;;;;;+4;2*+1/p-6. The molecule has 0 saturated carbocycles. The van der Waals surface area contributed by atoms with Crippen molar-refractivity contribution in [3.8, 4) is 0 Å². The summed E-state index contributed by atoms with van der Waals surface area (Å²) in [5, 5.41) is 0. The van der Waals surface area contributed by atoms with Crippen LogP contribution in [0.2, 0.25) is 0 Å². The van der Waals surface area contributed by atoms with E-state index < -0.39 is -8.61 Å². The molecule has 9 heavy (non-hydrogen) atoms. The third-order valence-corrected chi connectivity index (χ3v) is 0. The molecule has 0 spiro atoms. The predicted molar refractivity (Wildman–Crippen MR) is 84.1 cm³/mol. The van der Waals surface area contributed by atoms with Gasteiger partial charge in [-0.1, -0.05) is 0 Å². The fourth-order valence-electron chi connectivity index (χ4n) is 0. The third-order valence-electron chi connectivity index (χ3n) is 0. The van der Waals surface area contributed by atoms with Crippen LogP contribution in [0.25, 0.3) is 0 Å². The van der Waals surface area contributed by atoms with Gasteiger partial charge in [0.25, 0.3) is 0 Å². The molecule has 0 fully saturated rings. The van der Waals surface area contributed by atoms with Crippen LogP contribution in [0.5, 0.6) is 0 Å². The van der Waals surface area contributed by atoms with E-state index >= 15 is 0 Å². The van der Waals surface area contributed by atoms with Gasteiger partial charge in [-0.3, -0.25) is 0 Å². The Hall–Kier alpha value is 8.30. The molecule has 0 unspecified atom stereocenters. The molecule has 0 bridgehead atoms. The SMILES string of the molecule is [I][Ir-2]([I])([I])([I])([I])[I].[K+].[K+]. The average molecular weight is 1030 g/mol. The molecule has 0 nitrogen and oxygen atoms in total. The summed E-state index contributed by atoms with van der Waals surface area (Å²) in [7, 11) is 0. The molecule has 0 aliphatic rings. The van der Waals surface area contributed by atoms with Gasteiger partial charge < -0.3 is 0 Å². The molecule has 0 radical (unpaired) electrons. The monoisotopic (exact) mass is 1030 g/mol. The van der Waals surface area contributed by atoms with Crippen LogP contribution in [-0.2, 0) is -8.61 Å². The Balaban J connectivity index is -0.000000180. The van der Waals surface area contributed by atoms with E-state index in [0.717, 1.165) is 0 Å². The van der Waals surface area contributed by atoms with Gasteiger partial charge in [-0.05, 0) is 0 Å². The minimum Gasteiger partial charge on any atom is 1.00 e. The van der Waals surface area contributed by atoms with Crippen molar-refractivity contribution in [2.75, 3.05) is 0 Å². The van der Waals surface area contributed by atoms with E-state index in [1.807, 2.05) is 0 Å². The van der Waals surface area contributed by atoms with Crippen molar-refractivity contribution in [3.63, 3.8) is 0 Å². The summed E-state index contributed by atoms with van der Waals surface area (Å²) in [6, 6.07) is 0. The molecule has 0 rings (SSSR count). The fraction of sp³-hybridized carbons (Fsp3) is 0. The summed E-state index contributed by atoms with van der Waals surface area (Å²) in [5.74, 6) is 0. The van der Waals surface area contributed by atoms with Crippen LogP contribution in [0.1, 0.15) is 0 Å². The second-order valence-corrected chi connectivity index (χ2v) is 263. The zero-order chi connectivity index (χ0) is 6.41. The van der Waals surface area contributed by atoms with Crippen LogP contribution in [0.4, 0.5) is 0 Å². The number of hydrogen-bond acceptors (Lipinski definition) is 0. The number of rotatable bonds is 0. The fourth-order valence-corrected chi connectivity index (χ4v) is 0. The van der Waals surface area contributed by atoms with E-state index in [1.54, 1.807) is 0 Å². The van der Waals surface area contributed by atoms with Gasteiger partial charge in [0.2, 0.25) is 0 Å². The van der Waals surface area contributed by atoms with Crippen LogP contribution in [0.3, 0.4) is 0 Å². The van der Waals surface area contributed by atoms with Gasteiger partial charge in [-0.15, -0.1) is 0 Å². The Kier molecular flexibility index (Phi) is 17.6. The summed E-state index contributed by atoms with van der Waals surface area (Å²) in [5.41, 5.74) is 0. The molecule has 0 aromatic carbocycles. The molecule has 0 aromatic heterocycles. The second-order valence-electron chi connectivity index (χ2n) is 0.714. The molecule has 0 aliphatic heterocycles. The maximum atomic E-state index is 2.57. The van der Waals surface area contributed by atoms with Gasteiger partial charge >= 0.3 is 212 Å². The molecule has 0 aliphatic carbocycles. The van der Waals surface area contributed by atoms with Gasteiger partial charge in [0, 0.05) is 0 Å². The third kappa shape index (κ3) is 48.4. The van der Waals surface area contributed by atoms with E-state index in [9.17, 15) is 0 Å². The van der Waals surface area contributed by atoms with Crippen molar-refractivity contribution >= 4 is 118 Å². The summed E-state index contributed by atoms with van der Waals surface area (Å²) < 4.78 is -2.35. The summed E-state index contributed by atoms with van der Waals surface area (Å²) >= 11 is 15.4. The second kappa shape index (κ2) is 7.03. The molecule has 9 heteroatoms. The molecule has 0 aromatic rings. The molecular formula is I6IrK2. The Bertz CT molecular complexity index is 69.6. The summed E-state index contributed by atoms with van der Waals surface area (Å²) in [4.78, 5) is 0. The van der Waals surface area contributed by atoms with Gasteiger partial charge in [0.1, 0.15) is 0 Å². The molecule has 0 amide bonds. The van der Waals surface area contributed by atoms with Crippen molar-refractivity contribution in [1.29, 1.82) is 0 Å². The number of halogens is 6. The van der Waals surface area contributed by atoms with E-state index in [0.29, 0.717) is 0 Å². The maximum Gasteiger partial charge on any atom is 1.00 e. The summed E-state index contributed by atoms with van der Waals surface area (Å²) in [6.07, 6.45) is 0. The van der Waals surface area contributed by atoms with Crippen molar-refractivity contribution in [3.05, 3.63) is 0 Å². The predicted octanol–water partition coefficient (Wildman–Crippen LogP) is -0.680. The first-order chi connectivity index (χ1) is 2.45. The molecule has 0 N–H and O–H groups in total. The Morgan fingerprint density at radius 3 is 0.556 bits per heavy atom. The zero-order valence-electron chi connectivity index (χ0n) is 4.60. The van der Waals surface area contributed by atoms with Gasteiger partial charge in [0.15, 0.2) is 0 Å². The van der Waals surface area contributed by atoms with E-state index in [1.165, 1.54) is 0 Å². The Labute approximate surface area is 203 Å². The molecule has 0 heterocycles.